The highest BCUT2D eigenvalue weighted by Gasteiger charge is 2.31. The summed E-state index contributed by atoms with van der Waals surface area (Å²) in [5.41, 5.74) is 1.66. The Morgan fingerprint density at radius 1 is 1.33 bits per heavy atom. The second kappa shape index (κ2) is 7.79. The number of rotatable bonds is 5. The first kappa shape index (κ1) is 19.1. The van der Waals surface area contributed by atoms with Crippen molar-refractivity contribution < 1.29 is 18.1 Å². The minimum Gasteiger partial charge on any atom is -0.325 e. The van der Waals surface area contributed by atoms with Crippen LogP contribution in [0.15, 0.2) is 18.2 Å². The van der Waals surface area contributed by atoms with Gasteiger partial charge in [0.25, 0.3) is 16.1 Å². The molecule has 0 spiro atoms. The lowest BCUT2D eigenvalue weighted by molar-refractivity contribution is -0.895. The number of amides is 1. The molecule has 0 bridgehead atoms. The van der Waals surface area contributed by atoms with Gasteiger partial charge in [-0.05, 0) is 24.6 Å². The second-order valence-corrected chi connectivity index (χ2v) is 8.70. The van der Waals surface area contributed by atoms with Crippen LogP contribution in [0, 0.1) is 6.92 Å². The third-order valence-corrected chi connectivity index (χ3v) is 6.28. The third-order valence-electron chi connectivity index (χ3n) is 4.10. The van der Waals surface area contributed by atoms with Crippen molar-refractivity contribution in [1.29, 1.82) is 0 Å². The van der Waals surface area contributed by atoms with E-state index in [-0.39, 0.29) is 5.91 Å². The van der Waals surface area contributed by atoms with Gasteiger partial charge in [0.1, 0.15) is 0 Å². The number of hydrogen-bond acceptors (Lipinski definition) is 3. The number of hydrogen-bond donors (Lipinski definition) is 2. The molecular weight excluding hydrogens is 352 g/mol. The molecule has 134 valence electrons. The zero-order chi connectivity index (χ0) is 17.9. The van der Waals surface area contributed by atoms with E-state index in [0.29, 0.717) is 43.4 Å². The number of carbonyl (C=O) groups is 1. The Bertz CT molecular complexity index is 701. The van der Waals surface area contributed by atoms with Crippen molar-refractivity contribution in [2.24, 2.45) is 0 Å². The van der Waals surface area contributed by atoms with E-state index in [9.17, 15) is 13.2 Å². The second-order valence-electron chi connectivity index (χ2n) is 6.12. The van der Waals surface area contributed by atoms with Crippen molar-refractivity contribution in [2.45, 2.75) is 6.92 Å². The summed E-state index contributed by atoms with van der Waals surface area (Å²) in [6.45, 7) is 4.26. The van der Waals surface area contributed by atoms with Crippen LogP contribution in [-0.2, 0) is 15.0 Å². The molecule has 1 heterocycles. The fraction of sp³-hybridized carbons (Fsp3) is 0.533. The fourth-order valence-electron chi connectivity index (χ4n) is 2.59. The summed E-state index contributed by atoms with van der Waals surface area (Å²) in [4.78, 5) is 13.3. The summed E-state index contributed by atoms with van der Waals surface area (Å²) < 4.78 is 26.8. The number of quaternary nitrogens is 1. The number of halogens is 1. The Hall–Kier alpha value is -1.19. The van der Waals surface area contributed by atoms with Gasteiger partial charge in [-0.15, -0.1) is 0 Å². The van der Waals surface area contributed by atoms with Gasteiger partial charge >= 0.3 is 0 Å². The van der Waals surface area contributed by atoms with E-state index < -0.39 is 10.2 Å². The zero-order valence-electron chi connectivity index (χ0n) is 14.2. The van der Waals surface area contributed by atoms with Gasteiger partial charge < -0.3 is 10.2 Å². The van der Waals surface area contributed by atoms with Gasteiger partial charge in [0.05, 0.1) is 26.2 Å². The van der Waals surface area contributed by atoms with Crippen LogP contribution in [0.4, 0.5) is 5.69 Å². The summed E-state index contributed by atoms with van der Waals surface area (Å²) >= 11 is 5.95. The van der Waals surface area contributed by atoms with E-state index in [0.717, 1.165) is 10.5 Å². The van der Waals surface area contributed by atoms with Crippen molar-refractivity contribution in [3.63, 3.8) is 0 Å². The first-order valence-corrected chi connectivity index (χ1v) is 9.55. The SMILES string of the molecule is Cc1ccc(Cl)cc1NC(=O)C[NH+]1CCN(S(=O)(=O)N(C)C)CC1. The van der Waals surface area contributed by atoms with Crippen LogP contribution in [0.2, 0.25) is 5.02 Å². The van der Waals surface area contributed by atoms with Crippen LogP contribution in [0.25, 0.3) is 0 Å². The highest BCUT2D eigenvalue weighted by molar-refractivity contribution is 7.86. The molecule has 0 aliphatic carbocycles. The number of nitrogens with one attached hydrogen (secondary N) is 2. The molecule has 1 aromatic rings. The van der Waals surface area contributed by atoms with Crippen LogP contribution in [0.1, 0.15) is 5.56 Å². The van der Waals surface area contributed by atoms with E-state index in [1.807, 2.05) is 13.0 Å². The van der Waals surface area contributed by atoms with E-state index >= 15 is 0 Å². The molecule has 0 radical (unpaired) electrons. The maximum absolute atomic E-state index is 12.2. The molecule has 0 unspecified atom stereocenters. The Balaban J connectivity index is 1.88. The normalized spacial score (nSPS) is 17.2. The minimum atomic E-state index is -3.37. The van der Waals surface area contributed by atoms with Crippen LogP contribution < -0.4 is 10.2 Å². The Labute approximate surface area is 148 Å². The molecule has 0 saturated carbocycles. The molecule has 1 aliphatic heterocycles. The van der Waals surface area contributed by atoms with Crippen LogP contribution in [0.5, 0.6) is 0 Å². The largest absolute Gasteiger partial charge is 0.325 e. The maximum atomic E-state index is 12.2. The smallest absolute Gasteiger partial charge is 0.281 e. The highest BCUT2D eigenvalue weighted by Crippen LogP contribution is 2.19. The lowest BCUT2D eigenvalue weighted by Crippen LogP contribution is -3.15. The van der Waals surface area contributed by atoms with Crippen molar-refractivity contribution in [2.75, 3.05) is 52.1 Å². The summed E-state index contributed by atoms with van der Waals surface area (Å²) in [6, 6.07) is 5.36. The molecule has 2 N–H and O–H groups in total. The minimum absolute atomic E-state index is 0.0979. The number of aryl methyl sites for hydroxylation is 1. The summed E-state index contributed by atoms with van der Waals surface area (Å²) in [5.74, 6) is -0.0979. The average molecular weight is 376 g/mol. The first-order chi connectivity index (χ1) is 11.2. The molecule has 9 heteroatoms. The van der Waals surface area contributed by atoms with Gasteiger partial charge in [-0.3, -0.25) is 4.79 Å². The van der Waals surface area contributed by atoms with Crippen molar-refractivity contribution >= 4 is 33.4 Å². The monoisotopic (exact) mass is 375 g/mol. The topological polar surface area (TPSA) is 74.2 Å². The molecule has 24 heavy (non-hydrogen) atoms. The Morgan fingerprint density at radius 2 is 1.96 bits per heavy atom. The Kier molecular flexibility index (Phi) is 6.22. The molecule has 7 nitrogen and oxygen atoms in total. The molecule has 0 atom stereocenters. The third kappa shape index (κ3) is 4.67. The summed E-state index contributed by atoms with van der Waals surface area (Å²) in [7, 11) is -0.326. The van der Waals surface area contributed by atoms with Gasteiger partial charge in [-0.2, -0.15) is 17.0 Å². The van der Waals surface area contributed by atoms with Gasteiger partial charge in [-0.25, -0.2) is 0 Å². The van der Waals surface area contributed by atoms with Crippen molar-refractivity contribution in [3.8, 4) is 0 Å². The predicted octanol–water partition coefficient (Wildman–Crippen LogP) is -0.406. The molecule has 1 saturated heterocycles. The number of piperazine rings is 1. The van der Waals surface area contributed by atoms with E-state index in [2.05, 4.69) is 5.32 Å². The molecule has 1 aromatic carbocycles. The fourth-order valence-corrected chi connectivity index (χ4v) is 3.87. The van der Waals surface area contributed by atoms with Gasteiger partial charge in [0.2, 0.25) is 0 Å². The lowest BCUT2D eigenvalue weighted by atomic mass is 10.2. The van der Waals surface area contributed by atoms with Gasteiger partial charge in [0.15, 0.2) is 6.54 Å². The van der Waals surface area contributed by atoms with Crippen LogP contribution >= 0.6 is 11.6 Å². The molecule has 0 aromatic heterocycles. The number of nitrogens with zero attached hydrogens (tertiary/aromatic N) is 2. The lowest BCUT2D eigenvalue weighted by Gasteiger charge is -2.32. The Morgan fingerprint density at radius 3 is 2.54 bits per heavy atom. The number of benzene rings is 1. The molecule has 2 rings (SSSR count). The number of carbonyl (C=O) groups excluding carboxylic acids is 1. The summed E-state index contributed by atoms with van der Waals surface area (Å²) in [6.07, 6.45) is 0. The number of anilines is 1. The van der Waals surface area contributed by atoms with Gasteiger partial charge in [-0.1, -0.05) is 17.7 Å². The molecule has 1 aliphatic rings. The zero-order valence-corrected chi connectivity index (χ0v) is 15.7. The molecular formula is C15H24ClN4O3S+. The van der Waals surface area contributed by atoms with Gasteiger partial charge in [0, 0.05) is 24.8 Å². The maximum Gasteiger partial charge on any atom is 0.281 e. The first-order valence-electron chi connectivity index (χ1n) is 7.77. The van der Waals surface area contributed by atoms with Crippen molar-refractivity contribution in [1.82, 2.24) is 8.61 Å². The summed E-state index contributed by atoms with van der Waals surface area (Å²) in [5, 5.41) is 3.45. The predicted molar refractivity (Wildman–Crippen MR) is 94.6 cm³/mol. The van der Waals surface area contributed by atoms with Crippen molar-refractivity contribution in [3.05, 3.63) is 28.8 Å². The standard InChI is InChI=1S/C15H23ClN4O3S/c1-12-4-5-13(16)10-14(12)17-15(21)11-19-6-8-20(9-7-19)24(22,23)18(2)3/h4-5,10H,6-9,11H2,1-3H3,(H,17,21)/p+1. The van der Waals surface area contributed by atoms with E-state index in [4.69, 9.17) is 11.6 Å². The quantitative estimate of drug-likeness (QED) is 0.735. The molecule has 1 fully saturated rings. The van der Waals surface area contributed by atoms with E-state index in [1.54, 1.807) is 12.1 Å². The highest BCUT2D eigenvalue weighted by atomic mass is 35.5. The molecule has 1 amide bonds. The van der Waals surface area contributed by atoms with Crippen LogP contribution in [-0.4, -0.2) is 69.8 Å². The van der Waals surface area contributed by atoms with Crippen LogP contribution in [0.3, 0.4) is 0 Å². The average Bonchev–Trinajstić information content (AvgIpc) is 2.51. The van der Waals surface area contributed by atoms with E-state index in [1.165, 1.54) is 22.7 Å².